The van der Waals surface area contributed by atoms with Gasteiger partial charge in [-0.2, -0.15) is 8.42 Å². The molecule has 0 aromatic rings. The van der Waals surface area contributed by atoms with Crippen LogP contribution >= 0.6 is 0 Å². The van der Waals surface area contributed by atoms with Gasteiger partial charge in [-0.05, 0) is 25.9 Å². The molecule has 0 bridgehead atoms. The first-order valence-corrected chi connectivity index (χ1v) is 7.92. The monoisotopic (exact) mass is 277 g/mol. The lowest BCUT2D eigenvalue weighted by atomic mass is 10.1. The van der Waals surface area contributed by atoms with Gasteiger partial charge in [0.05, 0.1) is 13.2 Å². The number of hydrogen-bond acceptors (Lipinski definition) is 6. The topological polar surface area (TPSA) is 72.9 Å². The Labute approximate surface area is 107 Å². The molecule has 0 radical (unpaired) electrons. The Kier molecular flexibility index (Phi) is 4.58. The molecular weight excluding hydrogens is 258 g/mol. The van der Waals surface area contributed by atoms with E-state index in [4.69, 9.17) is 4.74 Å². The van der Waals surface area contributed by atoms with E-state index >= 15 is 0 Å². The summed E-state index contributed by atoms with van der Waals surface area (Å²) in [7, 11) is -3.50. The van der Waals surface area contributed by atoms with Crippen molar-refractivity contribution in [1.29, 1.82) is 0 Å². The zero-order chi connectivity index (χ0) is 13.0. The highest BCUT2D eigenvalue weighted by atomic mass is 32.2. The molecule has 0 aromatic heterocycles. The fourth-order valence-electron chi connectivity index (χ4n) is 2.28. The number of esters is 1. The molecule has 2 saturated heterocycles. The summed E-state index contributed by atoms with van der Waals surface area (Å²) in [5.41, 5.74) is 0. The first-order valence-electron chi connectivity index (χ1n) is 6.34. The van der Waals surface area contributed by atoms with Gasteiger partial charge in [-0.15, -0.1) is 0 Å². The lowest BCUT2D eigenvalue weighted by Gasteiger charge is -2.27. The van der Waals surface area contributed by atoms with Gasteiger partial charge >= 0.3 is 5.97 Å². The molecule has 2 aliphatic rings. The van der Waals surface area contributed by atoms with Crippen LogP contribution in [0.25, 0.3) is 0 Å². The highest BCUT2D eigenvalue weighted by Crippen LogP contribution is 2.14. The maximum absolute atomic E-state index is 11.7. The molecule has 18 heavy (non-hydrogen) atoms. The molecule has 0 aromatic carbocycles. The maximum Gasteiger partial charge on any atom is 0.320 e. The molecule has 0 saturated carbocycles. The van der Waals surface area contributed by atoms with Gasteiger partial charge in [-0.1, -0.05) is 6.42 Å². The molecule has 1 unspecified atom stereocenters. The van der Waals surface area contributed by atoms with Crippen molar-refractivity contribution in [2.75, 3.05) is 32.0 Å². The molecule has 0 amide bonds. The second-order valence-electron chi connectivity index (χ2n) is 4.78. The molecular formula is C11H19NO5S. The van der Waals surface area contributed by atoms with Crippen molar-refractivity contribution in [3.8, 4) is 0 Å². The lowest BCUT2D eigenvalue weighted by molar-refractivity contribution is -0.150. The average molecular weight is 277 g/mol. The zero-order valence-corrected chi connectivity index (χ0v) is 11.2. The number of nitrogens with zero attached hydrogens (tertiary/aromatic N) is 1. The predicted octanol–water partition coefficient (Wildman–Crippen LogP) is 0.134. The van der Waals surface area contributed by atoms with Crippen LogP contribution in [-0.4, -0.2) is 57.4 Å². The van der Waals surface area contributed by atoms with Crippen LogP contribution in [0, 0.1) is 0 Å². The largest absolute Gasteiger partial charge is 0.460 e. The molecule has 0 spiro atoms. The summed E-state index contributed by atoms with van der Waals surface area (Å²) in [6.45, 7) is 2.20. The van der Waals surface area contributed by atoms with Crippen LogP contribution < -0.4 is 0 Å². The van der Waals surface area contributed by atoms with E-state index < -0.39 is 16.2 Å². The zero-order valence-electron chi connectivity index (χ0n) is 10.3. The van der Waals surface area contributed by atoms with E-state index in [9.17, 15) is 13.2 Å². The molecule has 2 heterocycles. The van der Waals surface area contributed by atoms with E-state index in [1.165, 1.54) is 6.42 Å². The summed E-state index contributed by atoms with van der Waals surface area (Å²) in [5.74, 6) is -0.558. The van der Waals surface area contributed by atoms with Crippen LogP contribution in [0.5, 0.6) is 0 Å². The van der Waals surface area contributed by atoms with Gasteiger partial charge in [0.1, 0.15) is 11.9 Å². The van der Waals surface area contributed by atoms with E-state index in [1.54, 1.807) is 0 Å². The third-order valence-corrected chi connectivity index (χ3v) is 4.50. The molecule has 1 atom stereocenters. The van der Waals surface area contributed by atoms with Crippen molar-refractivity contribution in [3.05, 3.63) is 0 Å². The van der Waals surface area contributed by atoms with Crippen molar-refractivity contribution in [2.24, 2.45) is 0 Å². The molecule has 7 heteroatoms. The van der Waals surface area contributed by atoms with E-state index in [-0.39, 0.29) is 24.9 Å². The molecule has 6 nitrogen and oxygen atoms in total. The molecule has 2 aliphatic heterocycles. The van der Waals surface area contributed by atoms with Crippen molar-refractivity contribution >= 4 is 16.1 Å². The summed E-state index contributed by atoms with van der Waals surface area (Å²) in [5, 5.41) is 0. The number of carbonyl (C=O) groups excluding carboxylic acids is 1. The summed E-state index contributed by atoms with van der Waals surface area (Å²) < 4.78 is 32.2. The quantitative estimate of drug-likeness (QED) is 0.539. The Balaban J connectivity index is 1.76. The predicted molar refractivity (Wildman–Crippen MR) is 64.5 cm³/mol. The van der Waals surface area contributed by atoms with Crippen molar-refractivity contribution < 1.29 is 22.1 Å². The number of likely N-dealkylation sites (tertiary alicyclic amines) is 1. The van der Waals surface area contributed by atoms with Gasteiger partial charge in [0.2, 0.25) is 0 Å². The highest BCUT2D eigenvalue weighted by Gasteiger charge is 2.28. The van der Waals surface area contributed by atoms with Crippen LogP contribution in [0.3, 0.4) is 0 Å². The lowest BCUT2D eigenvalue weighted by Crippen LogP contribution is -2.39. The van der Waals surface area contributed by atoms with Gasteiger partial charge in [0.25, 0.3) is 10.1 Å². The highest BCUT2D eigenvalue weighted by molar-refractivity contribution is 7.86. The number of rotatable bonds is 3. The fourth-order valence-corrected chi connectivity index (χ4v) is 3.42. The van der Waals surface area contributed by atoms with E-state index in [0.29, 0.717) is 6.42 Å². The third-order valence-electron chi connectivity index (χ3n) is 3.19. The van der Waals surface area contributed by atoms with Crippen LogP contribution in [0.2, 0.25) is 0 Å². The second kappa shape index (κ2) is 5.99. The Bertz CT molecular complexity index is 388. The molecule has 104 valence electrons. The average Bonchev–Trinajstić information content (AvgIpc) is 2.28. The minimum Gasteiger partial charge on any atom is -0.460 e. The SMILES string of the molecule is O=C(CN1CCCCC1)OC1CCOS(=O)(=O)C1. The number of ether oxygens (including phenoxy) is 1. The first-order chi connectivity index (χ1) is 8.55. The normalized spacial score (nSPS) is 28.8. The smallest absolute Gasteiger partial charge is 0.320 e. The van der Waals surface area contributed by atoms with Gasteiger partial charge in [-0.25, -0.2) is 0 Å². The summed E-state index contributed by atoms with van der Waals surface area (Å²) in [6, 6.07) is 0. The standard InChI is InChI=1S/C11H19NO5S/c13-11(8-12-5-2-1-3-6-12)17-10-4-7-16-18(14,15)9-10/h10H,1-9H2. The number of carbonyl (C=O) groups is 1. The van der Waals surface area contributed by atoms with E-state index in [2.05, 4.69) is 9.08 Å². The van der Waals surface area contributed by atoms with Crippen LogP contribution in [0.1, 0.15) is 25.7 Å². The fraction of sp³-hybridized carbons (Fsp3) is 0.909. The summed E-state index contributed by atoms with van der Waals surface area (Å²) in [4.78, 5) is 13.7. The van der Waals surface area contributed by atoms with Gasteiger partial charge < -0.3 is 4.74 Å². The first kappa shape index (κ1) is 13.8. The van der Waals surface area contributed by atoms with Crippen LogP contribution in [-0.2, 0) is 23.8 Å². The summed E-state index contributed by atoms with van der Waals surface area (Å²) >= 11 is 0. The van der Waals surface area contributed by atoms with Gasteiger partial charge in [0.15, 0.2) is 0 Å². The molecule has 2 rings (SSSR count). The molecule has 2 fully saturated rings. The maximum atomic E-state index is 11.7. The summed E-state index contributed by atoms with van der Waals surface area (Å²) in [6.07, 6.45) is 3.33. The Morgan fingerprint density at radius 2 is 2.00 bits per heavy atom. The number of piperidine rings is 1. The van der Waals surface area contributed by atoms with Crippen LogP contribution in [0.4, 0.5) is 0 Å². The van der Waals surface area contributed by atoms with Crippen LogP contribution in [0.15, 0.2) is 0 Å². The molecule has 0 N–H and O–H groups in total. The minimum absolute atomic E-state index is 0.101. The van der Waals surface area contributed by atoms with Crippen molar-refractivity contribution in [1.82, 2.24) is 4.90 Å². The Hall–Kier alpha value is -0.660. The van der Waals surface area contributed by atoms with Crippen molar-refractivity contribution in [2.45, 2.75) is 31.8 Å². The van der Waals surface area contributed by atoms with Crippen molar-refractivity contribution in [3.63, 3.8) is 0 Å². The molecule has 0 aliphatic carbocycles. The van der Waals surface area contributed by atoms with Gasteiger partial charge in [0, 0.05) is 6.42 Å². The number of hydrogen-bond donors (Lipinski definition) is 0. The van der Waals surface area contributed by atoms with Gasteiger partial charge in [-0.3, -0.25) is 13.9 Å². The minimum atomic E-state index is -3.50. The Morgan fingerprint density at radius 3 is 2.67 bits per heavy atom. The Morgan fingerprint density at radius 1 is 1.28 bits per heavy atom. The third kappa shape index (κ3) is 4.22. The second-order valence-corrected chi connectivity index (χ2v) is 6.47. The van der Waals surface area contributed by atoms with E-state index in [1.807, 2.05) is 0 Å². The van der Waals surface area contributed by atoms with E-state index in [0.717, 1.165) is 25.9 Å².